The van der Waals surface area contributed by atoms with E-state index in [9.17, 15) is 14.4 Å². The van der Waals surface area contributed by atoms with Gasteiger partial charge < -0.3 is 19.7 Å². The predicted octanol–water partition coefficient (Wildman–Crippen LogP) is -0.961. The number of carboxylic acids is 2. The minimum atomic E-state index is -3.79. The molecule has 4 N–H and O–H groups in total. The van der Waals surface area contributed by atoms with E-state index in [0.717, 1.165) is 0 Å². The van der Waals surface area contributed by atoms with Gasteiger partial charge in [0.25, 0.3) is 0 Å². The number of rotatable bonds is 8. The molecule has 21 heavy (non-hydrogen) atoms. The summed E-state index contributed by atoms with van der Waals surface area (Å²) in [6.45, 7) is 3.16. The van der Waals surface area contributed by atoms with Crippen LogP contribution >= 0.6 is 0 Å². The standard InChI is InChI=1S/C10H16O7.2H2O.O.Zr/c1-3-16-8(13)6-10(9(14)15,17-4-2)5-7(11)12;;;;/h3-6H2,1-2H3,(H,11,12)(H,14,15);2*1H2;;/q;;;;+2/p-2. The zero-order valence-electron chi connectivity index (χ0n) is 11.6. The Kier molecular flexibility index (Phi) is 12.3. The SMILES string of the molecule is CCOC(=O)CC(CC(=O)O)(OCC)C(=O)O.[O]=[Zr]([OH])[OH]. The van der Waals surface area contributed by atoms with Crippen LogP contribution < -0.4 is 0 Å². The number of carboxylic acid groups (broad SMARTS) is 2. The summed E-state index contributed by atoms with van der Waals surface area (Å²) in [4.78, 5) is 33.0. The third kappa shape index (κ3) is 11.3. The van der Waals surface area contributed by atoms with Crippen LogP contribution in [0.2, 0.25) is 0 Å². The molecule has 0 aliphatic heterocycles. The number of ether oxygens (including phenoxy) is 2. The third-order valence-corrected chi connectivity index (χ3v) is 1.98. The van der Waals surface area contributed by atoms with Crippen LogP contribution in [0.1, 0.15) is 26.7 Å². The van der Waals surface area contributed by atoms with Gasteiger partial charge in [0, 0.05) is 6.61 Å². The molecule has 0 radical (unpaired) electrons. The molecule has 0 amide bonds. The van der Waals surface area contributed by atoms with Crippen LogP contribution in [0.3, 0.4) is 0 Å². The van der Waals surface area contributed by atoms with Crippen LogP contribution in [0.15, 0.2) is 0 Å². The molecule has 0 bridgehead atoms. The van der Waals surface area contributed by atoms with Crippen molar-refractivity contribution in [3.63, 3.8) is 0 Å². The van der Waals surface area contributed by atoms with Crippen molar-refractivity contribution in [3.8, 4) is 0 Å². The number of carbonyl (C=O) groups excluding carboxylic acids is 1. The molecule has 122 valence electrons. The van der Waals surface area contributed by atoms with Crippen LogP contribution in [0.5, 0.6) is 0 Å². The van der Waals surface area contributed by atoms with E-state index in [1.54, 1.807) is 6.92 Å². The van der Waals surface area contributed by atoms with Gasteiger partial charge in [-0.2, -0.15) is 0 Å². The summed E-state index contributed by atoms with van der Waals surface area (Å²) in [6.07, 6.45) is -1.43. The van der Waals surface area contributed by atoms with Crippen molar-refractivity contribution in [2.24, 2.45) is 0 Å². The number of hydrogen-bond donors (Lipinski definition) is 4. The Bertz CT molecular complexity index is 378. The second-order valence-electron chi connectivity index (χ2n) is 3.57. The van der Waals surface area contributed by atoms with Gasteiger partial charge in [0.2, 0.25) is 0 Å². The van der Waals surface area contributed by atoms with Gasteiger partial charge in [-0.3, -0.25) is 9.59 Å². The first kappa shape index (κ1) is 22.3. The maximum absolute atomic E-state index is 11.3. The fourth-order valence-electron chi connectivity index (χ4n) is 1.34. The van der Waals surface area contributed by atoms with Gasteiger partial charge in [0.05, 0.1) is 19.4 Å². The summed E-state index contributed by atoms with van der Waals surface area (Å²) < 4.78 is 32.9. The first-order valence-electron chi connectivity index (χ1n) is 5.77. The number of aliphatic carboxylic acids is 2. The average molecular weight is 389 g/mol. The van der Waals surface area contributed by atoms with E-state index in [0.29, 0.717) is 0 Å². The summed E-state index contributed by atoms with van der Waals surface area (Å²) in [5, 5.41) is 17.7. The monoisotopic (exact) mass is 388 g/mol. The van der Waals surface area contributed by atoms with Crippen molar-refractivity contribution in [3.05, 3.63) is 0 Å². The van der Waals surface area contributed by atoms with Gasteiger partial charge in [-0.05, 0) is 13.8 Å². The Morgan fingerprint density at radius 2 is 1.52 bits per heavy atom. The second kappa shape index (κ2) is 11.6. The van der Waals surface area contributed by atoms with Crippen molar-refractivity contribution >= 4 is 17.9 Å². The molecule has 0 saturated heterocycles. The maximum atomic E-state index is 11.3. The third-order valence-electron chi connectivity index (χ3n) is 1.98. The summed E-state index contributed by atoms with van der Waals surface area (Å²) in [5.74, 6) is -3.65. The zero-order valence-corrected chi connectivity index (χ0v) is 14.0. The molecule has 0 aliphatic carbocycles. The van der Waals surface area contributed by atoms with Gasteiger partial charge in [-0.25, -0.2) is 4.79 Å². The molecule has 11 heteroatoms. The molecule has 0 saturated carbocycles. The van der Waals surface area contributed by atoms with Gasteiger partial charge in [-0.15, -0.1) is 0 Å². The summed E-state index contributed by atoms with van der Waals surface area (Å²) in [6, 6.07) is 0. The van der Waals surface area contributed by atoms with Gasteiger partial charge in [-0.1, -0.05) is 0 Å². The Balaban J connectivity index is 0. The van der Waals surface area contributed by atoms with Gasteiger partial charge >= 0.3 is 49.7 Å². The summed E-state index contributed by atoms with van der Waals surface area (Å²) in [7, 11) is 0. The van der Waals surface area contributed by atoms with Crippen LogP contribution in [0, 0.1) is 0 Å². The van der Waals surface area contributed by atoms with Gasteiger partial charge in [0.1, 0.15) is 0 Å². The second-order valence-corrected chi connectivity index (χ2v) is 4.96. The van der Waals surface area contributed by atoms with Crippen LogP contribution in [-0.2, 0) is 49.3 Å². The molecule has 0 aliphatic rings. The van der Waals surface area contributed by atoms with Crippen LogP contribution in [0.25, 0.3) is 0 Å². The number of hydrogen-bond acceptors (Lipinski definition) is 6. The molecule has 0 aromatic rings. The minimum absolute atomic E-state index is 0.0149. The Hall–Kier alpha value is -1.03. The van der Waals surface area contributed by atoms with E-state index in [1.165, 1.54) is 6.92 Å². The molecule has 0 aromatic heterocycles. The molecule has 1 atom stereocenters. The van der Waals surface area contributed by atoms with Crippen LogP contribution in [-0.4, -0.2) is 53.3 Å². The molecule has 0 rings (SSSR count). The van der Waals surface area contributed by atoms with Crippen molar-refractivity contribution < 1.29 is 65.9 Å². The van der Waals surface area contributed by atoms with E-state index in [1.807, 2.05) is 0 Å². The molecule has 0 fully saturated rings. The van der Waals surface area contributed by atoms with E-state index < -0.39 is 59.0 Å². The van der Waals surface area contributed by atoms with Crippen molar-refractivity contribution in [2.45, 2.75) is 32.3 Å². The van der Waals surface area contributed by atoms with E-state index in [4.69, 9.17) is 24.1 Å². The summed E-state index contributed by atoms with van der Waals surface area (Å²) >= 11 is -3.79. The Labute approximate surface area is 129 Å². The van der Waals surface area contributed by atoms with E-state index in [2.05, 4.69) is 4.74 Å². The number of carbonyl (C=O) groups is 3. The molecular weight excluding hydrogens is 371 g/mol. The molecule has 10 nitrogen and oxygen atoms in total. The fraction of sp³-hybridized carbons (Fsp3) is 0.700. The predicted molar refractivity (Wildman–Crippen MR) is 60.6 cm³/mol. The van der Waals surface area contributed by atoms with Crippen molar-refractivity contribution in [1.29, 1.82) is 0 Å². The topological polar surface area (TPSA) is 168 Å². The summed E-state index contributed by atoms with van der Waals surface area (Å²) in [5.41, 5.74) is -2.06. The molecule has 0 heterocycles. The zero-order chi connectivity index (χ0) is 17.1. The first-order chi connectivity index (χ1) is 9.61. The number of esters is 1. The van der Waals surface area contributed by atoms with Gasteiger partial charge in [0.15, 0.2) is 5.60 Å². The van der Waals surface area contributed by atoms with Crippen molar-refractivity contribution in [2.75, 3.05) is 13.2 Å². The molecule has 0 aromatic carbocycles. The fourth-order valence-corrected chi connectivity index (χ4v) is 1.34. The molecular formula is C10H18O10Zr. The Morgan fingerprint density at radius 3 is 1.81 bits per heavy atom. The molecule has 1 unspecified atom stereocenters. The average Bonchev–Trinajstić information content (AvgIpc) is 2.27. The van der Waals surface area contributed by atoms with Crippen LogP contribution in [0.4, 0.5) is 0 Å². The van der Waals surface area contributed by atoms with E-state index >= 15 is 0 Å². The normalized spacial score (nSPS) is 12.4. The molecule has 0 spiro atoms. The first-order valence-corrected chi connectivity index (χ1v) is 8.98. The van der Waals surface area contributed by atoms with Crippen molar-refractivity contribution in [1.82, 2.24) is 0 Å². The Morgan fingerprint density at radius 1 is 1.05 bits per heavy atom. The van der Waals surface area contributed by atoms with E-state index in [-0.39, 0.29) is 13.2 Å². The quantitative estimate of drug-likeness (QED) is 0.379.